The number of allylic oxidation sites excluding steroid dienone is 3. The predicted octanol–water partition coefficient (Wildman–Crippen LogP) is 2.25. The summed E-state index contributed by atoms with van der Waals surface area (Å²) in [7, 11) is 0. The van der Waals surface area contributed by atoms with E-state index in [2.05, 4.69) is 10.6 Å². The average Bonchev–Trinajstić information content (AvgIpc) is 2.31. The lowest BCUT2D eigenvalue weighted by molar-refractivity contribution is -0.111. The van der Waals surface area contributed by atoms with Crippen molar-refractivity contribution in [2.75, 3.05) is 10.6 Å². The molecule has 5 heteroatoms. The van der Waals surface area contributed by atoms with E-state index in [1.807, 2.05) is 13.0 Å². The van der Waals surface area contributed by atoms with Gasteiger partial charge >= 0.3 is 6.03 Å². The van der Waals surface area contributed by atoms with E-state index >= 15 is 0 Å². The van der Waals surface area contributed by atoms with Crippen molar-refractivity contribution in [2.45, 2.75) is 6.92 Å². The number of carbonyl (C=O) groups excluding carboxylic acids is 2. The summed E-state index contributed by atoms with van der Waals surface area (Å²) < 4.78 is 0. The first-order chi connectivity index (χ1) is 8.61. The monoisotopic (exact) mass is 245 g/mol. The number of nitrogens with one attached hydrogen (secondary N) is 2. The van der Waals surface area contributed by atoms with E-state index < -0.39 is 6.03 Å². The SMILES string of the molecule is C/C=C/C=C/C(=O)Nc1ccc(NC(N)=O)cc1. The van der Waals surface area contributed by atoms with Crippen LogP contribution in [0.15, 0.2) is 48.6 Å². The summed E-state index contributed by atoms with van der Waals surface area (Å²) in [6.45, 7) is 1.87. The lowest BCUT2D eigenvalue weighted by Crippen LogP contribution is -2.19. The van der Waals surface area contributed by atoms with Gasteiger partial charge in [-0.05, 0) is 31.2 Å². The fourth-order valence-corrected chi connectivity index (χ4v) is 1.22. The quantitative estimate of drug-likeness (QED) is 0.561. The minimum Gasteiger partial charge on any atom is -0.351 e. The van der Waals surface area contributed by atoms with E-state index in [4.69, 9.17) is 5.73 Å². The summed E-state index contributed by atoms with van der Waals surface area (Å²) >= 11 is 0. The molecule has 5 nitrogen and oxygen atoms in total. The molecule has 18 heavy (non-hydrogen) atoms. The second kappa shape index (κ2) is 6.90. The largest absolute Gasteiger partial charge is 0.351 e. The second-order valence-corrected chi connectivity index (χ2v) is 3.44. The maximum atomic E-state index is 11.4. The Kier molecular flexibility index (Phi) is 5.18. The summed E-state index contributed by atoms with van der Waals surface area (Å²) in [4.78, 5) is 22.0. The summed E-state index contributed by atoms with van der Waals surface area (Å²) in [5.74, 6) is -0.219. The Morgan fingerprint density at radius 2 is 1.61 bits per heavy atom. The summed E-state index contributed by atoms with van der Waals surface area (Å²) in [5, 5.41) is 5.11. The molecule has 0 unspecified atom stereocenters. The molecule has 0 fully saturated rings. The van der Waals surface area contributed by atoms with E-state index in [1.165, 1.54) is 6.08 Å². The van der Waals surface area contributed by atoms with Gasteiger partial charge < -0.3 is 16.4 Å². The predicted molar refractivity (Wildman–Crippen MR) is 72.2 cm³/mol. The lowest BCUT2D eigenvalue weighted by atomic mass is 10.2. The Morgan fingerprint density at radius 3 is 2.11 bits per heavy atom. The molecule has 0 spiro atoms. The van der Waals surface area contributed by atoms with Crippen molar-refractivity contribution in [3.05, 3.63) is 48.6 Å². The number of nitrogens with two attached hydrogens (primary N) is 1. The van der Waals surface area contributed by atoms with E-state index in [0.717, 1.165) is 0 Å². The molecular formula is C13H15N3O2. The van der Waals surface area contributed by atoms with Crippen LogP contribution in [0.5, 0.6) is 0 Å². The smallest absolute Gasteiger partial charge is 0.316 e. The normalized spacial score (nSPS) is 10.7. The molecule has 4 N–H and O–H groups in total. The lowest BCUT2D eigenvalue weighted by Gasteiger charge is -2.04. The van der Waals surface area contributed by atoms with E-state index in [-0.39, 0.29) is 5.91 Å². The van der Waals surface area contributed by atoms with Crippen LogP contribution in [-0.4, -0.2) is 11.9 Å². The fourth-order valence-electron chi connectivity index (χ4n) is 1.22. The van der Waals surface area contributed by atoms with Crippen LogP contribution in [0.2, 0.25) is 0 Å². The highest BCUT2D eigenvalue weighted by Gasteiger charge is 1.99. The van der Waals surface area contributed by atoms with Gasteiger partial charge in [0.25, 0.3) is 0 Å². The van der Waals surface area contributed by atoms with Gasteiger partial charge in [0, 0.05) is 17.5 Å². The minimum absolute atomic E-state index is 0.219. The maximum Gasteiger partial charge on any atom is 0.316 e. The van der Waals surface area contributed by atoms with Gasteiger partial charge in [-0.2, -0.15) is 0 Å². The van der Waals surface area contributed by atoms with Crippen LogP contribution >= 0.6 is 0 Å². The molecule has 0 radical (unpaired) electrons. The number of hydrogen-bond donors (Lipinski definition) is 3. The molecule has 0 heterocycles. The van der Waals surface area contributed by atoms with Crippen molar-refractivity contribution in [2.24, 2.45) is 5.73 Å². The Hall–Kier alpha value is -2.56. The van der Waals surface area contributed by atoms with E-state index in [0.29, 0.717) is 11.4 Å². The van der Waals surface area contributed by atoms with Crippen LogP contribution in [0.4, 0.5) is 16.2 Å². The highest BCUT2D eigenvalue weighted by Crippen LogP contribution is 2.13. The summed E-state index contributed by atoms with van der Waals surface area (Å²) in [6, 6.07) is 6.02. The molecule has 0 aliphatic rings. The molecule has 0 aliphatic carbocycles. The Labute approximate surface area is 105 Å². The third kappa shape index (κ3) is 4.98. The standard InChI is InChI=1S/C13H15N3O2/c1-2-3-4-5-12(17)15-10-6-8-11(9-7-10)16-13(14)18/h2-9H,1H3,(H,15,17)(H3,14,16,18)/b3-2+,5-4+. The zero-order valence-corrected chi connectivity index (χ0v) is 10.0. The van der Waals surface area contributed by atoms with Crippen LogP contribution in [0.3, 0.4) is 0 Å². The minimum atomic E-state index is -0.624. The third-order valence-corrected chi connectivity index (χ3v) is 1.97. The zero-order valence-electron chi connectivity index (χ0n) is 10.0. The van der Waals surface area contributed by atoms with Crippen LogP contribution in [0.1, 0.15) is 6.92 Å². The first-order valence-electron chi connectivity index (χ1n) is 5.38. The molecule has 1 aromatic rings. The first kappa shape index (κ1) is 13.5. The van der Waals surface area contributed by atoms with Crippen LogP contribution in [0, 0.1) is 0 Å². The van der Waals surface area contributed by atoms with Crippen molar-refractivity contribution in [1.82, 2.24) is 0 Å². The van der Waals surface area contributed by atoms with E-state index in [1.54, 1.807) is 36.4 Å². The topological polar surface area (TPSA) is 84.2 Å². The van der Waals surface area contributed by atoms with Gasteiger partial charge in [0.2, 0.25) is 5.91 Å². The van der Waals surface area contributed by atoms with Gasteiger partial charge in [-0.25, -0.2) is 4.79 Å². The number of hydrogen-bond acceptors (Lipinski definition) is 2. The zero-order chi connectivity index (χ0) is 13.4. The van der Waals surface area contributed by atoms with Gasteiger partial charge in [0.15, 0.2) is 0 Å². The number of amides is 3. The molecular weight excluding hydrogens is 230 g/mol. The molecule has 0 saturated heterocycles. The van der Waals surface area contributed by atoms with Crippen molar-refractivity contribution in [3.8, 4) is 0 Å². The molecule has 0 atom stereocenters. The Bertz CT molecular complexity index is 476. The van der Waals surface area contributed by atoms with Gasteiger partial charge in [0.05, 0.1) is 0 Å². The summed E-state index contributed by atoms with van der Waals surface area (Å²) in [6.07, 6.45) is 6.67. The molecule has 0 aliphatic heterocycles. The molecule has 0 saturated carbocycles. The number of benzene rings is 1. The number of anilines is 2. The highest BCUT2D eigenvalue weighted by molar-refractivity contribution is 5.99. The highest BCUT2D eigenvalue weighted by atomic mass is 16.2. The Morgan fingerprint density at radius 1 is 1.06 bits per heavy atom. The van der Waals surface area contributed by atoms with Gasteiger partial charge in [0.1, 0.15) is 0 Å². The molecule has 94 valence electrons. The van der Waals surface area contributed by atoms with Crippen molar-refractivity contribution in [3.63, 3.8) is 0 Å². The van der Waals surface area contributed by atoms with E-state index in [9.17, 15) is 9.59 Å². The Balaban J connectivity index is 2.58. The van der Waals surface area contributed by atoms with Crippen molar-refractivity contribution >= 4 is 23.3 Å². The summed E-state index contributed by atoms with van der Waals surface area (Å²) in [5.41, 5.74) is 6.19. The number of urea groups is 1. The fraction of sp³-hybridized carbons (Fsp3) is 0.0769. The molecule has 1 aromatic carbocycles. The first-order valence-corrected chi connectivity index (χ1v) is 5.38. The van der Waals surface area contributed by atoms with Gasteiger partial charge in [-0.15, -0.1) is 0 Å². The maximum absolute atomic E-state index is 11.4. The number of carbonyl (C=O) groups is 2. The van der Waals surface area contributed by atoms with Crippen LogP contribution < -0.4 is 16.4 Å². The van der Waals surface area contributed by atoms with Gasteiger partial charge in [-0.3, -0.25) is 4.79 Å². The number of primary amides is 1. The average molecular weight is 245 g/mol. The van der Waals surface area contributed by atoms with Gasteiger partial charge in [-0.1, -0.05) is 18.2 Å². The van der Waals surface area contributed by atoms with Crippen LogP contribution in [-0.2, 0) is 4.79 Å². The molecule has 0 bridgehead atoms. The molecule has 3 amide bonds. The molecule has 1 rings (SSSR count). The van der Waals surface area contributed by atoms with Crippen molar-refractivity contribution in [1.29, 1.82) is 0 Å². The van der Waals surface area contributed by atoms with Crippen LogP contribution in [0.25, 0.3) is 0 Å². The van der Waals surface area contributed by atoms with Crippen molar-refractivity contribution < 1.29 is 9.59 Å². The molecule has 0 aromatic heterocycles. The third-order valence-electron chi connectivity index (χ3n) is 1.97. The second-order valence-electron chi connectivity index (χ2n) is 3.44. The number of rotatable bonds is 4.